The van der Waals surface area contributed by atoms with Gasteiger partial charge in [0.15, 0.2) is 0 Å². The van der Waals surface area contributed by atoms with Gasteiger partial charge >= 0.3 is 0 Å². The molecule has 140 valence electrons. The lowest BCUT2D eigenvalue weighted by molar-refractivity contribution is -0.116. The number of rotatable bonds is 6. The highest BCUT2D eigenvalue weighted by molar-refractivity contribution is 7.08. The van der Waals surface area contributed by atoms with E-state index in [9.17, 15) is 4.79 Å². The van der Waals surface area contributed by atoms with E-state index in [0.717, 1.165) is 30.0 Å². The molecule has 1 N–H and O–H groups in total. The lowest BCUT2D eigenvalue weighted by atomic mass is 10.2. The van der Waals surface area contributed by atoms with Crippen molar-refractivity contribution in [1.29, 1.82) is 0 Å². The molecule has 3 heterocycles. The van der Waals surface area contributed by atoms with Crippen LogP contribution in [0.5, 0.6) is 0 Å². The summed E-state index contributed by atoms with van der Waals surface area (Å²) in [6.45, 7) is 3.04. The summed E-state index contributed by atoms with van der Waals surface area (Å²) >= 11 is 1.57. The van der Waals surface area contributed by atoms with E-state index in [1.807, 2.05) is 41.1 Å². The smallest absolute Gasteiger partial charge is 0.248 e. The van der Waals surface area contributed by atoms with Crippen LogP contribution in [0.15, 0.2) is 45.5 Å². The first kappa shape index (κ1) is 17.7. The van der Waals surface area contributed by atoms with Crippen LogP contribution in [0.25, 0.3) is 11.5 Å². The molecule has 0 unspecified atom stereocenters. The molecule has 0 bridgehead atoms. The van der Waals surface area contributed by atoms with Gasteiger partial charge < -0.3 is 19.4 Å². The lowest BCUT2D eigenvalue weighted by Gasteiger charge is -2.30. The minimum atomic E-state index is -0.0778. The normalized spacial score (nSPS) is 14.3. The summed E-state index contributed by atoms with van der Waals surface area (Å²) in [7, 11) is 0. The van der Waals surface area contributed by atoms with Gasteiger partial charge in [0.1, 0.15) is 0 Å². The Balaban J connectivity index is 1.36. The van der Waals surface area contributed by atoms with E-state index in [1.54, 1.807) is 11.3 Å². The number of anilines is 2. The molecular formula is C19H20N4O3S. The molecule has 1 aliphatic rings. The molecule has 3 aromatic rings. The molecule has 4 rings (SSSR count). The first-order valence-electron chi connectivity index (χ1n) is 8.86. The highest BCUT2D eigenvalue weighted by Gasteiger charge is 2.16. The number of morpholine rings is 1. The Hall–Kier alpha value is -2.71. The van der Waals surface area contributed by atoms with Gasteiger partial charge in [-0.25, -0.2) is 0 Å². The Bertz CT molecular complexity index is 888. The standard InChI is InChI=1S/C19H20N4O3S/c24-17(5-6-18-21-22-19(26-18)14-7-12-27-13-14)20-15-3-1-2-4-16(15)23-8-10-25-11-9-23/h1-4,7,12-13H,5-6,8-11H2,(H,20,24). The number of nitrogens with one attached hydrogen (secondary N) is 1. The highest BCUT2D eigenvalue weighted by Crippen LogP contribution is 2.26. The average Bonchev–Trinajstić information content (AvgIpc) is 3.39. The number of ether oxygens (including phenoxy) is 1. The molecule has 1 aliphatic heterocycles. The van der Waals surface area contributed by atoms with Crippen molar-refractivity contribution in [2.24, 2.45) is 0 Å². The Kier molecular flexibility index (Phi) is 5.45. The predicted octanol–water partition coefficient (Wildman–Crippen LogP) is 3.21. The fourth-order valence-corrected chi connectivity index (χ4v) is 3.58. The van der Waals surface area contributed by atoms with Gasteiger partial charge in [0.2, 0.25) is 17.7 Å². The number of carbonyl (C=O) groups is 1. The van der Waals surface area contributed by atoms with E-state index in [-0.39, 0.29) is 12.3 Å². The number of thiophene rings is 1. The van der Waals surface area contributed by atoms with Gasteiger partial charge in [0.25, 0.3) is 0 Å². The van der Waals surface area contributed by atoms with Crippen LogP contribution in [0, 0.1) is 0 Å². The summed E-state index contributed by atoms with van der Waals surface area (Å²) < 4.78 is 11.0. The number of hydrogen-bond donors (Lipinski definition) is 1. The molecule has 0 spiro atoms. The van der Waals surface area contributed by atoms with Crippen LogP contribution in [0.1, 0.15) is 12.3 Å². The summed E-state index contributed by atoms with van der Waals surface area (Å²) in [6, 6.07) is 9.77. The van der Waals surface area contributed by atoms with Gasteiger partial charge in [-0.05, 0) is 23.6 Å². The van der Waals surface area contributed by atoms with Gasteiger partial charge in [-0.3, -0.25) is 4.79 Å². The number of hydrogen-bond acceptors (Lipinski definition) is 7. The van der Waals surface area contributed by atoms with Gasteiger partial charge in [-0.1, -0.05) is 12.1 Å². The number of amides is 1. The van der Waals surface area contributed by atoms with Crippen LogP contribution in [0.2, 0.25) is 0 Å². The van der Waals surface area contributed by atoms with Crippen molar-refractivity contribution in [2.45, 2.75) is 12.8 Å². The van der Waals surface area contributed by atoms with Crippen molar-refractivity contribution >= 4 is 28.6 Å². The molecule has 1 aromatic carbocycles. The van der Waals surface area contributed by atoms with E-state index in [0.29, 0.717) is 31.4 Å². The van der Waals surface area contributed by atoms with Crippen LogP contribution in [0.3, 0.4) is 0 Å². The summed E-state index contributed by atoms with van der Waals surface area (Å²) in [5, 5.41) is 15.0. The zero-order valence-electron chi connectivity index (χ0n) is 14.8. The Labute approximate surface area is 161 Å². The molecule has 27 heavy (non-hydrogen) atoms. The van der Waals surface area contributed by atoms with E-state index < -0.39 is 0 Å². The average molecular weight is 384 g/mol. The zero-order valence-corrected chi connectivity index (χ0v) is 15.6. The summed E-state index contributed by atoms with van der Waals surface area (Å²) in [5.41, 5.74) is 2.74. The third-order valence-corrected chi connectivity index (χ3v) is 5.01. The minimum absolute atomic E-state index is 0.0778. The summed E-state index contributed by atoms with van der Waals surface area (Å²) in [4.78, 5) is 14.6. The predicted molar refractivity (Wildman–Crippen MR) is 104 cm³/mol. The van der Waals surface area contributed by atoms with Crippen molar-refractivity contribution in [1.82, 2.24) is 10.2 Å². The van der Waals surface area contributed by atoms with Gasteiger partial charge in [-0.2, -0.15) is 11.3 Å². The number of nitrogens with zero attached hydrogens (tertiary/aromatic N) is 3. The van der Waals surface area contributed by atoms with Crippen molar-refractivity contribution in [3.8, 4) is 11.5 Å². The SMILES string of the molecule is O=C(CCc1nnc(-c2ccsc2)o1)Nc1ccccc1N1CCOCC1. The van der Waals surface area contributed by atoms with Crippen molar-refractivity contribution in [2.75, 3.05) is 36.5 Å². The van der Waals surface area contributed by atoms with E-state index in [4.69, 9.17) is 9.15 Å². The fourth-order valence-electron chi connectivity index (χ4n) is 2.95. The molecular weight excluding hydrogens is 364 g/mol. The van der Waals surface area contributed by atoms with Gasteiger partial charge in [-0.15, -0.1) is 10.2 Å². The van der Waals surface area contributed by atoms with Crippen LogP contribution in [-0.4, -0.2) is 42.4 Å². The maximum absolute atomic E-state index is 12.4. The molecule has 0 radical (unpaired) electrons. The maximum Gasteiger partial charge on any atom is 0.248 e. The second kappa shape index (κ2) is 8.32. The minimum Gasteiger partial charge on any atom is -0.421 e. The van der Waals surface area contributed by atoms with Crippen LogP contribution in [0.4, 0.5) is 11.4 Å². The van der Waals surface area contributed by atoms with E-state index in [2.05, 4.69) is 20.4 Å². The number of para-hydroxylation sites is 2. The topological polar surface area (TPSA) is 80.5 Å². The molecule has 1 amide bonds. The quantitative estimate of drug-likeness (QED) is 0.703. The second-order valence-electron chi connectivity index (χ2n) is 6.18. The Morgan fingerprint density at radius 2 is 2.04 bits per heavy atom. The second-order valence-corrected chi connectivity index (χ2v) is 6.96. The first-order chi connectivity index (χ1) is 13.3. The molecule has 8 heteroatoms. The molecule has 0 saturated carbocycles. The Morgan fingerprint density at radius 1 is 1.19 bits per heavy atom. The number of aromatic nitrogens is 2. The number of benzene rings is 1. The number of aryl methyl sites for hydroxylation is 1. The molecule has 1 fully saturated rings. The van der Waals surface area contributed by atoms with E-state index >= 15 is 0 Å². The van der Waals surface area contributed by atoms with Crippen molar-refractivity contribution in [3.05, 3.63) is 47.0 Å². The highest BCUT2D eigenvalue weighted by atomic mass is 32.1. The third-order valence-electron chi connectivity index (χ3n) is 4.33. The van der Waals surface area contributed by atoms with Crippen LogP contribution >= 0.6 is 11.3 Å². The molecule has 0 atom stereocenters. The van der Waals surface area contributed by atoms with Crippen molar-refractivity contribution < 1.29 is 13.9 Å². The maximum atomic E-state index is 12.4. The third kappa shape index (κ3) is 4.35. The Morgan fingerprint density at radius 3 is 2.85 bits per heavy atom. The zero-order chi connectivity index (χ0) is 18.5. The monoisotopic (exact) mass is 384 g/mol. The molecule has 2 aromatic heterocycles. The largest absolute Gasteiger partial charge is 0.421 e. The van der Waals surface area contributed by atoms with Crippen molar-refractivity contribution in [3.63, 3.8) is 0 Å². The van der Waals surface area contributed by atoms with Gasteiger partial charge in [0.05, 0.1) is 24.6 Å². The molecule has 0 aliphatic carbocycles. The number of carbonyl (C=O) groups excluding carboxylic acids is 1. The first-order valence-corrected chi connectivity index (χ1v) is 9.80. The molecule has 7 nitrogen and oxygen atoms in total. The van der Waals surface area contributed by atoms with Gasteiger partial charge in [0, 0.05) is 36.9 Å². The summed E-state index contributed by atoms with van der Waals surface area (Å²) in [5.74, 6) is 0.878. The van der Waals surface area contributed by atoms with E-state index in [1.165, 1.54) is 0 Å². The lowest BCUT2D eigenvalue weighted by Crippen LogP contribution is -2.36. The summed E-state index contributed by atoms with van der Waals surface area (Å²) in [6.07, 6.45) is 0.686. The molecule has 1 saturated heterocycles. The van der Waals surface area contributed by atoms with Crippen LogP contribution < -0.4 is 10.2 Å². The van der Waals surface area contributed by atoms with Crippen LogP contribution in [-0.2, 0) is 16.0 Å². The fraction of sp³-hybridized carbons (Fsp3) is 0.316.